The molecule has 4 heteroatoms. The minimum atomic E-state index is 0.0195. The summed E-state index contributed by atoms with van der Waals surface area (Å²) >= 11 is 2.31. The number of fused-ring (bicyclic) bond motifs is 2. The van der Waals surface area contributed by atoms with E-state index in [4.69, 9.17) is 0 Å². The molecule has 3 aliphatic rings. The number of benzene rings is 1. The van der Waals surface area contributed by atoms with E-state index in [0.717, 1.165) is 29.9 Å². The van der Waals surface area contributed by atoms with Crippen LogP contribution in [0.3, 0.4) is 0 Å². The van der Waals surface area contributed by atoms with Crippen LogP contribution in [0.15, 0.2) is 35.1 Å². The molecular weight excluding hydrogens is 363 g/mol. The summed E-state index contributed by atoms with van der Waals surface area (Å²) in [6.45, 7) is 2.22. The average Bonchev–Trinajstić information content (AvgIpc) is 2.48. The molecule has 0 aliphatic carbocycles. The number of halogens is 1. The Morgan fingerprint density at radius 3 is 2.55 bits per heavy atom. The third-order valence-corrected chi connectivity index (χ3v) is 5.14. The van der Waals surface area contributed by atoms with Crippen LogP contribution in [0.1, 0.15) is 24.5 Å². The molecule has 0 radical (unpaired) electrons. The molecule has 2 bridgehead atoms. The van der Waals surface area contributed by atoms with Crippen LogP contribution >= 0.6 is 22.6 Å². The molecule has 3 aliphatic heterocycles. The van der Waals surface area contributed by atoms with Crippen molar-refractivity contribution in [1.82, 2.24) is 4.98 Å². The van der Waals surface area contributed by atoms with Gasteiger partial charge in [0.15, 0.2) is 0 Å². The number of hydrogen-bond acceptors (Lipinski definition) is 2. The molecule has 102 valence electrons. The fourth-order valence-electron chi connectivity index (χ4n) is 3.45. The summed E-state index contributed by atoms with van der Waals surface area (Å²) in [5, 5.41) is 0. The first-order valence-corrected chi connectivity index (χ1v) is 8.08. The van der Waals surface area contributed by atoms with E-state index in [0.29, 0.717) is 5.92 Å². The fraction of sp³-hybridized carbons (Fsp3) is 0.312. The highest BCUT2D eigenvalue weighted by Gasteiger charge is 2.33. The largest absolute Gasteiger partial charge is 0.370 e. The summed E-state index contributed by atoms with van der Waals surface area (Å²) in [7, 11) is 0. The third kappa shape index (κ3) is 1.89. The van der Waals surface area contributed by atoms with Crippen molar-refractivity contribution < 1.29 is 0 Å². The van der Waals surface area contributed by atoms with E-state index in [1.54, 1.807) is 6.07 Å². The predicted molar refractivity (Wildman–Crippen MR) is 89.4 cm³/mol. The van der Waals surface area contributed by atoms with Gasteiger partial charge in [0.05, 0.1) is 5.69 Å². The number of H-pyrrole nitrogens is 1. The van der Waals surface area contributed by atoms with Gasteiger partial charge in [-0.3, -0.25) is 4.79 Å². The molecule has 1 saturated heterocycles. The van der Waals surface area contributed by atoms with Gasteiger partial charge in [0, 0.05) is 39.9 Å². The molecule has 1 aromatic heterocycles. The van der Waals surface area contributed by atoms with Crippen LogP contribution < -0.4 is 10.5 Å². The molecule has 0 atom stereocenters. The van der Waals surface area contributed by atoms with Gasteiger partial charge >= 0.3 is 0 Å². The zero-order chi connectivity index (χ0) is 13.7. The number of rotatable bonds is 1. The summed E-state index contributed by atoms with van der Waals surface area (Å²) < 4.78 is 1.21. The molecule has 3 nitrogen and oxygen atoms in total. The predicted octanol–water partition coefficient (Wildman–Crippen LogP) is 3.34. The van der Waals surface area contributed by atoms with E-state index >= 15 is 0 Å². The van der Waals surface area contributed by atoms with Gasteiger partial charge in [0.2, 0.25) is 5.56 Å². The minimum absolute atomic E-state index is 0.0195. The highest BCUT2D eigenvalue weighted by Crippen LogP contribution is 2.45. The Labute approximate surface area is 131 Å². The van der Waals surface area contributed by atoms with E-state index in [1.807, 2.05) is 0 Å². The number of aromatic amines is 1. The Balaban J connectivity index is 1.96. The van der Waals surface area contributed by atoms with Crippen molar-refractivity contribution in [3.8, 4) is 11.1 Å². The van der Waals surface area contributed by atoms with E-state index in [2.05, 4.69) is 56.7 Å². The number of nitrogens with one attached hydrogen (secondary N) is 1. The van der Waals surface area contributed by atoms with E-state index in [1.165, 1.54) is 22.1 Å². The van der Waals surface area contributed by atoms with E-state index in [-0.39, 0.29) is 5.56 Å². The number of pyridine rings is 1. The first kappa shape index (κ1) is 12.4. The lowest BCUT2D eigenvalue weighted by molar-refractivity contribution is 0.463. The zero-order valence-corrected chi connectivity index (χ0v) is 13.2. The lowest BCUT2D eigenvalue weighted by Gasteiger charge is -2.42. The topological polar surface area (TPSA) is 36.1 Å². The highest BCUT2D eigenvalue weighted by molar-refractivity contribution is 14.1. The molecule has 2 aromatic rings. The van der Waals surface area contributed by atoms with Gasteiger partial charge in [-0.25, -0.2) is 0 Å². The van der Waals surface area contributed by atoms with E-state index in [9.17, 15) is 4.79 Å². The van der Waals surface area contributed by atoms with Gasteiger partial charge in [-0.2, -0.15) is 0 Å². The molecule has 1 N–H and O–H groups in total. The molecule has 5 rings (SSSR count). The highest BCUT2D eigenvalue weighted by atomic mass is 127. The van der Waals surface area contributed by atoms with Crippen LogP contribution in [0, 0.1) is 3.57 Å². The summed E-state index contributed by atoms with van der Waals surface area (Å²) in [6.07, 6.45) is 2.33. The van der Waals surface area contributed by atoms with Crippen molar-refractivity contribution >= 4 is 28.3 Å². The van der Waals surface area contributed by atoms with Crippen molar-refractivity contribution in [3.63, 3.8) is 0 Å². The van der Waals surface area contributed by atoms with Crippen molar-refractivity contribution in [2.24, 2.45) is 0 Å². The quantitative estimate of drug-likeness (QED) is 0.773. The molecule has 0 saturated carbocycles. The smallest absolute Gasteiger partial charge is 0.248 e. The molecule has 0 unspecified atom stereocenters. The number of nitrogens with zero attached hydrogens (tertiary/aromatic N) is 1. The summed E-state index contributed by atoms with van der Waals surface area (Å²) in [4.78, 5) is 17.5. The van der Waals surface area contributed by atoms with Crippen molar-refractivity contribution in [1.29, 1.82) is 0 Å². The zero-order valence-electron chi connectivity index (χ0n) is 11.0. The Kier molecular flexibility index (Phi) is 2.87. The fourth-order valence-corrected chi connectivity index (χ4v) is 3.81. The standard InChI is InChI=1S/C16H15IN2O/c17-12-3-1-10(2-4-12)13-9-14(20)18-15-11-5-7-19(8-6-11)16(13)15/h1-4,9,11H,5-8H2,(H,18,20). The lowest BCUT2D eigenvalue weighted by Crippen LogP contribution is -2.40. The van der Waals surface area contributed by atoms with Gasteiger partial charge in [-0.15, -0.1) is 0 Å². The molecule has 0 spiro atoms. The monoisotopic (exact) mass is 378 g/mol. The van der Waals surface area contributed by atoms with Gasteiger partial charge < -0.3 is 9.88 Å². The number of piperidine rings is 1. The van der Waals surface area contributed by atoms with Gasteiger partial charge in [0.1, 0.15) is 0 Å². The van der Waals surface area contributed by atoms with Crippen molar-refractivity contribution in [3.05, 3.63) is 49.9 Å². The van der Waals surface area contributed by atoms with Gasteiger partial charge in [0.25, 0.3) is 0 Å². The second-order valence-corrected chi connectivity index (χ2v) is 6.82. The molecule has 1 aromatic carbocycles. The summed E-state index contributed by atoms with van der Waals surface area (Å²) in [6, 6.07) is 10.2. The van der Waals surface area contributed by atoms with Crippen LogP contribution in [-0.4, -0.2) is 18.1 Å². The third-order valence-electron chi connectivity index (χ3n) is 4.42. The number of aromatic nitrogens is 1. The average molecular weight is 378 g/mol. The first-order chi connectivity index (χ1) is 9.72. The van der Waals surface area contributed by atoms with Crippen LogP contribution in [-0.2, 0) is 0 Å². The molecule has 20 heavy (non-hydrogen) atoms. The van der Waals surface area contributed by atoms with Gasteiger partial charge in [-0.05, 0) is 53.1 Å². The Morgan fingerprint density at radius 1 is 1.15 bits per heavy atom. The Bertz CT molecular complexity index is 712. The SMILES string of the molecule is O=c1cc(-c2ccc(I)cc2)c2c([nH]1)C1CCN2CC1. The van der Waals surface area contributed by atoms with E-state index < -0.39 is 0 Å². The summed E-state index contributed by atoms with van der Waals surface area (Å²) in [5.41, 5.74) is 4.66. The maximum atomic E-state index is 12.0. The van der Waals surface area contributed by atoms with Gasteiger partial charge in [-0.1, -0.05) is 12.1 Å². The maximum Gasteiger partial charge on any atom is 0.248 e. The Hall–Kier alpha value is -1.30. The molecule has 0 amide bonds. The second kappa shape index (κ2) is 4.62. The van der Waals surface area contributed by atoms with Crippen LogP contribution in [0.25, 0.3) is 11.1 Å². The number of hydrogen-bond donors (Lipinski definition) is 1. The Morgan fingerprint density at radius 2 is 1.85 bits per heavy atom. The second-order valence-electron chi connectivity index (χ2n) is 5.58. The van der Waals surface area contributed by atoms with Crippen molar-refractivity contribution in [2.45, 2.75) is 18.8 Å². The molecule has 4 heterocycles. The van der Waals surface area contributed by atoms with Crippen molar-refractivity contribution in [2.75, 3.05) is 18.0 Å². The minimum Gasteiger partial charge on any atom is -0.370 e. The first-order valence-electron chi connectivity index (χ1n) is 7.00. The summed E-state index contributed by atoms with van der Waals surface area (Å²) in [5.74, 6) is 0.534. The molecular formula is C16H15IN2O. The lowest BCUT2D eigenvalue weighted by atomic mass is 9.84. The number of anilines is 1. The van der Waals surface area contributed by atoms with Crippen LogP contribution in [0.5, 0.6) is 0 Å². The van der Waals surface area contributed by atoms with Crippen LogP contribution in [0.4, 0.5) is 5.69 Å². The molecule has 1 fully saturated rings. The normalized spacial score (nSPS) is 17.4. The van der Waals surface area contributed by atoms with Crippen LogP contribution in [0.2, 0.25) is 0 Å². The maximum absolute atomic E-state index is 12.0.